The molecule has 0 radical (unpaired) electrons. The average molecular weight is 315 g/mol. The number of hydrogen-bond acceptors (Lipinski definition) is 4. The maximum Gasteiger partial charge on any atom is 0.336 e. The highest BCUT2D eigenvalue weighted by atomic mass is 35.5. The summed E-state index contributed by atoms with van der Waals surface area (Å²) in [5, 5.41) is 11.2. The van der Waals surface area contributed by atoms with Crippen molar-refractivity contribution in [3.63, 3.8) is 0 Å². The van der Waals surface area contributed by atoms with Gasteiger partial charge < -0.3 is 9.52 Å². The molecule has 3 aromatic rings. The number of fused-ring (bicyclic) bond motifs is 1. The van der Waals surface area contributed by atoms with Gasteiger partial charge in [-0.05, 0) is 48.9 Å². The van der Waals surface area contributed by atoms with Crippen molar-refractivity contribution in [3.05, 3.63) is 74.6 Å². The van der Waals surface area contributed by atoms with Crippen molar-refractivity contribution in [3.8, 4) is 5.75 Å². The van der Waals surface area contributed by atoms with E-state index in [4.69, 9.17) is 16.0 Å². The molecule has 0 bridgehead atoms. The van der Waals surface area contributed by atoms with Crippen LogP contribution < -0.4 is 5.63 Å². The van der Waals surface area contributed by atoms with Gasteiger partial charge in [-0.1, -0.05) is 11.6 Å². The summed E-state index contributed by atoms with van der Waals surface area (Å²) >= 11 is 5.81. The zero-order chi connectivity index (χ0) is 15.9. The maximum atomic E-state index is 12.6. The number of aryl methyl sites for hydroxylation is 1. The lowest BCUT2D eigenvalue weighted by molar-refractivity contribution is 0.103. The molecular weight excluding hydrogens is 304 g/mol. The van der Waals surface area contributed by atoms with Crippen molar-refractivity contribution < 1.29 is 14.3 Å². The molecule has 22 heavy (non-hydrogen) atoms. The molecule has 0 unspecified atom stereocenters. The Bertz CT molecular complexity index is 939. The molecule has 0 aliphatic rings. The van der Waals surface area contributed by atoms with Crippen LogP contribution in [0.1, 0.15) is 21.5 Å². The zero-order valence-electron chi connectivity index (χ0n) is 11.6. The summed E-state index contributed by atoms with van der Waals surface area (Å²) in [5.41, 5.74) is 0.513. The molecule has 0 atom stereocenters. The lowest BCUT2D eigenvalue weighted by Crippen LogP contribution is -2.06. The number of phenols is 1. The highest BCUT2D eigenvalue weighted by Gasteiger charge is 2.20. The minimum atomic E-state index is -0.569. The number of rotatable bonds is 2. The zero-order valence-corrected chi connectivity index (χ0v) is 12.3. The molecule has 1 aromatic heterocycles. The van der Waals surface area contributed by atoms with Gasteiger partial charge in [0, 0.05) is 22.0 Å². The Labute approximate surface area is 130 Å². The monoisotopic (exact) mass is 314 g/mol. The Balaban J connectivity index is 2.30. The van der Waals surface area contributed by atoms with Gasteiger partial charge in [0.2, 0.25) is 5.78 Å². The molecule has 0 spiro atoms. The molecule has 1 N–H and O–H groups in total. The molecule has 0 fully saturated rings. The molecule has 1 heterocycles. The van der Waals surface area contributed by atoms with E-state index < -0.39 is 11.4 Å². The van der Waals surface area contributed by atoms with Crippen LogP contribution >= 0.6 is 11.6 Å². The van der Waals surface area contributed by atoms with Crippen LogP contribution in [0.5, 0.6) is 5.75 Å². The lowest BCUT2D eigenvalue weighted by Gasteiger charge is -2.08. The van der Waals surface area contributed by atoms with Gasteiger partial charge in [-0.15, -0.1) is 0 Å². The molecule has 0 saturated heterocycles. The van der Waals surface area contributed by atoms with Crippen LogP contribution in [0.3, 0.4) is 0 Å². The Morgan fingerprint density at radius 3 is 2.50 bits per heavy atom. The summed E-state index contributed by atoms with van der Waals surface area (Å²) in [6.45, 7) is 1.74. The van der Waals surface area contributed by atoms with E-state index in [0.29, 0.717) is 21.5 Å². The van der Waals surface area contributed by atoms with E-state index in [2.05, 4.69) is 0 Å². The number of hydrogen-bond donors (Lipinski definition) is 1. The quantitative estimate of drug-likeness (QED) is 0.578. The third-order valence-corrected chi connectivity index (χ3v) is 3.68. The topological polar surface area (TPSA) is 67.5 Å². The number of carbonyl (C=O) groups excluding carboxylic acids is 1. The number of halogens is 1. The first-order chi connectivity index (χ1) is 10.5. The third kappa shape index (κ3) is 2.38. The first-order valence-electron chi connectivity index (χ1n) is 6.54. The van der Waals surface area contributed by atoms with E-state index in [9.17, 15) is 14.7 Å². The van der Waals surface area contributed by atoms with Gasteiger partial charge in [0.05, 0.1) is 0 Å². The minimum Gasteiger partial charge on any atom is -0.507 e. The minimum absolute atomic E-state index is 0.0272. The van der Waals surface area contributed by atoms with Gasteiger partial charge in [-0.25, -0.2) is 4.79 Å². The fourth-order valence-corrected chi connectivity index (χ4v) is 2.46. The molecular formula is C17H11ClO4. The maximum absolute atomic E-state index is 12.6. The molecule has 110 valence electrons. The Morgan fingerprint density at radius 1 is 1.14 bits per heavy atom. The number of benzene rings is 2. The lowest BCUT2D eigenvalue weighted by atomic mass is 9.99. The molecule has 2 aromatic carbocycles. The Morgan fingerprint density at radius 2 is 1.82 bits per heavy atom. The summed E-state index contributed by atoms with van der Waals surface area (Å²) in [7, 11) is 0. The van der Waals surface area contributed by atoms with Crippen LogP contribution in [0.15, 0.2) is 51.7 Å². The second-order valence-corrected chi connectivity index (χ2v) is 5.36. The predicted molar refractivity (Wildman–Crippen MR) is 83.8 cm³/mol. The SMILES string of the molecule is Cc1cc(=O)oc2c(C(=O)c3ccc(Cl)cc3)c(O)ccc12. The van der Waals surface area contributed by atoms with E-state index in [1.807, 2.05) is 0 Å². The van der Waals surface area contributed by atoms with E-state index in [0.717, 1.165) is 0 Å². The molecule has 0 aliphatic carbocycles. The third-order valence-electron chi connectivity index (χ3n) is 3.43. The fourth-order valence-electron chi connectivity index (χ4n) is 2.34. The predicted octanol–water partition coefficient (Wildman–Crippen LogP) is 3.69. The number of ketones is 1. The normalized spacial score (nSPS) is 10.8. The Hall–Kier alpha value is -2.59. The van der Waals surface area contributed by atoms with Crippen LogP contribution in [-0.4, -0.2) is 10.9 Å². The van der Waals surface area contributed by atoms with Crippen LogP contribution in [0.2, 0.25) is 5.02 Å². The Kier molecular flexibility index (Phi) is 3.47. The van der Waals surface area contributed by atoms with Crippen molar-refractivity contribution in [1.29, 1.82) is 0 Å². The van der Waals surface area contributed by atoms with E-state index in [1.54, 1.807) is 37.3 Å². The molecule has 4 nitrogen and oxygen atoms in total. The first kappa shape index (κ1) is 14.4. The summed E-state index contributed by atoms with van der Waals surface area (Å²) in [4.78, 5) is 24.2. The molecule has 0 amide bonds. The molecule has 0 aliphatic heterocycles. The van der Waals surface area contributed by atoms with Crippen LogP contribution in [0.25, 0.3) is 11.0 Å². The second-order valence-electron chi connectivity index (χ2n) is 4.92. The van der Waals surface area contributed by atoms with Gasteiger partial charge in [-0.2, -0.15) is 0 Å². The van der Waals surface area contributed by atoms with Crippen molar-refractivity contribution in [2.24, 2.45) is 0 Å². The summed E-state index contributed by atoms with van der Waals surface area (Å²) in [5.74, 6) is -0.672. The van der Waals surface area contributed by atoms with Crippen molar-refractivity contribution in [1.82, 2.24) is 0 Å². The first-order valence-corrected chi connectivity index (χ1v) is 6.92. The highest BCUT2D eigenvalue weighted by molar-refractivity contribution is 6.30. The second kappa shape index (κ2) is 5.31. The molecule has 0 saturated carbocycles. The number of carbonyl (C=O) groups is 1. The van der Waals surface area contributed by atoms with E-state index >= 15 is 0 Å². The van der Waals surface area contributed by atoms with Crippen molar-refractivity contribution in [2.45, 2.75) is 6.92 Å². The van der Waals surface area contributed by atoms with E-state index in [-0.39, 0.29) is 16.9 Å². The van der Waals surface area contributed by atoms with Crippen LogP contribution in [0, 0.1) is 6.92 Å². The summed E-state index contributed by atoms with van der Waals surface area (Å²) < 4.78 is 5.16. The van der Waals surface area contributed by atoms with Gasteiger partial charge in [0.25, 0.3) is 0 Å². The highest BCUT2D eigenvalue weighted by Crippen LogP contribution is 2.30. The van der Waals surface area contributed by atoms with Gasteiger partial charge in [0.1, 0.15) is 11.3 Å². The van der Waals surface area contributed by atoms with Gasteiger partial charge in [-0.3, -0.25) is 4.79 Å². The number of aromatic hydroxyl groups is 1. The summed E-state index contributed by atoms with van der Waals surface area (Å²) in [6, 6.07) is 10.6. The smallest absolute Gasteiger partial charge is 0.336 e. The largest absolute Gasteiger partial charge is 0.507 e. The van der Waals surface area contributed by atoms with Crippen molar-refractivity contribution >= 4 is 28.4 Å². The standard InChI is InChI=1S/C17H11ClO4/c1-9-8-14(20)22-17-12(9)6-7-13(19)15(17)16(21)10-2-4-11(18)5-3-10/h2-8,19H,1H3. The summed E-state index contributed by atoms with van der Waals surface area (Å²) in [6.07, 6.45) is 0. The van der Waals surface area contributed by atoms with Gasteiger partial charge >= 0.3 is 5.63 Å². The molecule has 3 rings (SSSR count). The average Bonchev–Trinajstić information content (AvgIpc) is 2.47. The van der Waals surface area contributed by atoms with Crippen LogP contribution in [0.4, 0.5) is 0 Å². The van der Waals surface area contributed by atoms with Crippen LogP contribution in [-0.2, 0) is 0 Å². The van der Waals surface area contributed by atoms with Gasteiger partial charge in [0.15, 0.2) is 5.58 Å². The fraction of sp³-hybridized carbons (Fsp3) is 0.0588. The van der Waals surface area contributed by atoms with E-state index in [1.165, 1.54) is 12.1 Å². The number of phenolic OH excluding ortho intramolecular Hbond substituents is 1. The van der Waals surface area contributed by atoms with Crippen molar-refractivity contribution in [2.75, 3.05) is 0 Å². The molecule has 5 heteroatoms.